The van der Waals surface area contributed by atoms with Crippen LogP contribution in [-0.2, 0) is 11.8 Å². The Bertz CT molecular complexity index is 2600. The molecule has 0 aliphatic heterocycles. The first-order valence-electron chi connectivity index (χ1n) is 16.4. The first-order valence-corrected chi connectivity index (χ1v) is 18.8. The van der Waals surface area contributed by atoms with Crippen molar-refractivity contribution in [2.24, 2.45) is 0 Å². The highest BCUT2D eigenvalue weighted by Gasteiger charge is 2.97. The number of halogens is 34. The van der Waals surface area contributed by atoms with Gasteiger partial charge in [0.2, 0.25) is 0 Å². The van der Waals surface area contributed by atoms with Crippen molar-refractivity contribution in [1.29, 1.82) is 0 Å². The number of hydrogen-bond acceptors (Lipinski definition) is 3. The predicted molar refractivity (Wildman–Crippen MR) is 169 cm³/mol. The van der Waals surface area contributed by atoms with Crippen molar-refractivity contribution in [2.45, 2.75) is 95.3 Å². The summed E-state index contributed by atoms with van der Waals surface area (Å²) in [5.41, 5.74) is 0. The van der Waals surface area contributed by atoms with Crippen LogP contribution in [0.1, 0.15) is 9.75 Å². The molecule has 0 aliphatic carbocycles. The minimum atomic E-state index is -8.93. The van der Waals surface area contributed by atoms with Gasteiger partial charge < -0.3 is 0 Å². The van der Waals surface area contributed by atoms with Crippen LogP contribution < -0.4 is 0 Å². The van der Waals surface area contributed by atoms with Crippen molar-refractivity contribution in [3.63, 3.8) is 0 Å². The molecule has 0 unspecified atom stereocenters. The van der Waals surface area contributed by atoms with E-state index in [0.717, 1.165) is 0 Å². The van der Waals surface area contributed by atoms with E-state index in [1.54, 1.807) is 0 Å². The van der Waals surface area contributed by atoms with Gasteiger partial charge in [0.05, 0.1) is 9.75 Å². The highest BCUT2D eigenvalue weighted by molar-refractivity contribution is 7.27. The zero-order valence-corrected chi connectivity index (χ0v) is 33.0. The summed E-state index contributed by atoms with van der Waals surface area (Å²) in [6.07, 6.45) is -16.0. The van der Waals surface area contributed by atoms with E-state index in [9.17, 15) is 132 Å². The molecule has 0 N–H and O–H groups in total. The van der Waals surface area contributed by atoms with Crippen molar-refractivity contribution in [2.75, 3.05) is 0 Å². The third kappa shape index (κ3) is 6.87. The summed E-state index contributed by atoms with van der Waals surface area (Å²) in [7, 11) is 0. The molecule has 0 bridgehead atoms. The Hall–Kier alpha value is -3.80. The average molecular weight is 1130 g/mol. The quantitative estimate of drug-likeness (QED) is 0.0972. The van der Waals surface area contributed by atoms with Gasteiger partial charge in [0.25, 0.3) is 0 Å². The molecule has 3 aromatic heterocycles. The standard InChI is InChI=1S/C32H6F34S3/c33-17(34,19(37,38)21(41,42)23(45,46)25(49,50)27(53,54)29(57,58)31(61,62)63)15-3-7-1-9-10-2-8-4-16(69-12(8)6-14(10)67-13(9)5-11(7)68-15)18(35,36)20(39,40)22(43,44)24(47,48)26(51,52)28(55,56)30(59,60)32(64,65)66/h1-6H. The predicted octanol–water partition coefficient (Wildman–Crippen LogP) is 17.4. The van der Waals surface area contributed by atoms with Crippen molar-refractivity contribution in [1.82, 2.24) is 0 Å². The van der Waals surface area contributed by atoms with Crippen LogP contribution >= 0.6 is 34.0 Å². The van der Waals surface area contributed by atoms with E-state index in [4.69, 9.17) is 0 Å². The third-order valence-corrected chi connectivity index (χ3v) is 13.3. The Morgan fingerprint density at radius 3 is 0.667 bits per heavy atom. The van der Waals surface area contributed by atoms with E-state index >= 15 is 17.6 Å². The molecule has 0 spiro atoms. The molecule has 0 saturated carbocycles. The first-order chi connectivity index (χ1) is 30.1. The zero-order chi connectivity index (χ0) is 54.1. The molecule has 390 valence electrons. The lowest BCUT2D eigenvalue weighted by atomic mass is 9.88. The number of hydrogen-bond donors (Lipinski definition) is 0. The Kier molecular flexibility index (Phi) is 12.1. The molecule has 37 heteroatoms. The number of rotatable bonds is 14. The van der Waals surface area contributed by atoms with Gasteiger partial charge in [-0.15, -0.1) is 34.0 Å². The smallest absolute Gasteiger partial charge is 0.193 e. The van der Waals surface area contributed by atoms with Gasteiger partial charge in [-0.3, -0.25) is 0 Å². The lowest BCUT2D eigenvalue weighted by molar-refractivity contribution is -0.462. The number of alkyl halides is 34. The largest absolute Gasteiger partial charge is 0.460 e. The molecule has 3 heterocycles. The molecule has 0 radical (unpaired) electrons. The minimum absolute atomic E-state index is 0.281. The van der Waals surface area contributed by atoms with Crippen molar-refractivity contribution in [3.05, 3.63) is 46.2 Å². The fraction of sp³-hybridized carbons (Fsp3) is 0.500. The summed E-state index contributed by atoms with van der Waals surface area (Å²) in [6.45, 7) is 0. The summed E-state index contributed by atoms with van der Waals surface area (Å²) in [5, 5.41) is -2.90. The fourth-order valence-corrected chi connectivity index (χ4v) is 9.27. The molecule has 2 aromatic carbocycles. The summed E-state index contributed by atoms with van der Waals surface area (Å²) < 4.78 is 468. The molecule has 0 nitrogen and oxygen atoms in total. The molecule has 69 heavy (non-hydrogen) atoms. The molecular weight excluding hydrogens is 1130 g/mol. The zero-order valence-electron chi connectivity index (χ0n) is 30.5. The maximum absolute atomic E-state index is 15.1. The van der Waals surface area contributed by atoms with Gasteiger partial charge in [-0.05, 0) is 47.2 Å². The van der Waals surface area contributed by atoms with E-state index in [-0.39, 0.29) is 32.9 Å². The highest BCUT2D eigenvalue weighted by atomic mass is 32.1. The molecule has 0 amide bonds. The van der Waals surface area contributed by atoms with Crippen LogP contribution in [-0.4, -0.2) is 83.4 Å². The number of thiophene rings is 3. The molecule has 0 fully saturated rings. The maximum atomic E-state index is 15.1. The molecule has 0 saturated heterocycles. The van der Waals surface area contributed by atoms with Gasteiger partial charge >= 0.3 is 95.3 Å². The van der Waals surface area contributed by atoms with Gasteiger partial charge in [0.15, 0.2) is 0 Å². The monoisotopic (exact) mass is 1130 g/mol. The van der Waals surface area contributed by atoms with Crippen molar-refractivity contribution < 1.29 is 149 Å². The van der Waals surface area contributed by atoms with E-state index in [2.05, 4.69) is 0 Å². The Morgan fingerprint density at radius 1 is 0.217 bits per heavy atom. The Labute approximate surface area is 365 Å². The van der Waals surface area contributed by atoms with Gasteiger partial charge in [-0.2, -0.15) is 149 Å². The number of fused-ring (bicyclic) bond motifs is 5. The average Bonchev–Trinajstić information content (AvgIpc) is 3.89. The summed E-state index contributed by atoms with van der Waals surface area (Å²) in [5.74, 6) is -118. The van der Waals surface area contributed by atoms with Crippen molar-refractivity contribution in [3.8, 4) is 0 Å². The summed E-state index contributed by atoms with van der Waals surface area (Å²) in [6, 6.07) is 1.47. The first kappa shape index (κ1) is 56.1. The van der Waals surface area contributed by atoms with Gasteiger partial charge in [0, 0.05) is 29.6 Å². The molecule has 0 aliphatic rings. The highest BCUT2D eigenvalue weighted by Crippen LogP contribution is 2.68. The Balaban J connectivity index is 1.56. The number of benzene rings is 2. The van der Waals surface area contributed by atoms with Crippen molar-refractivity contribution >= 4 is 74.4 Å². The fourth-order valence-electron chi connectivity index (χ4n) is 5.79. The van der Waals surface area contributed by atoms with Crippen LogP contribution in [0.5, 0.6) is 0 Å². The second-order valence-corrected chi connectivity index (χ2v) is 17.4. The van der Waals surface area contributed by atoms with E-state index in [0.29, 0.717) is 24.3 Å². The molecule has 5 rings (SSSR count). The van der Waals surface area contributed by atoms with Crippen LogP contribution in [0.25, 0.3) is 40.3 Å². The van der Waals surface area contributed by atoms with E-state index in [1.807, 2.05) is 0 Å². The van der Waals surface area contributed by atoms with Crippen LogP contribution in [0.3, 0.4) is 0 Å². The lowest BCUT2D eigenvalue weighted by Gasteiger charge is -2.42. The second-order valence-electron chi connectivity index (χ2n) is 14.1. The SMILES string of the molecule is FC(F)(F)C(F)(F)C(F)(F)C(F)(F)C(F)(F)C(F)(F)C(F)(F)C(F)(F)c1cc2cc3c(cc2s1)sc1cc2sc(C(F)(F)C(F)(F)C(F)(F)C(F)(F)C(F)(F)C(F)(F)C(F)(F)C(F)(F)F)cc2cc13. The van der Waals surface area contributed by atoms with Crippen LogP contribution in [0, 0.1) is 0 Å². The lowest BCUT2D eigenvalue weighted by Crippen LogP contribution is -2.74. The third-order valence-electron chi connectivity index (χ3n) is 9.81. The summed E-state index contributed by atoms with van der Waals surface area (Å²) in [4.78, 5) is -5.22. The van der Waals surface area contributed by atoms with Gasteiger partial charge in [-0.1, -0.05) is 0 Å². The van der Waals surface area contributed by atoms with Gasteiger partial charge in [-0.25, -0.2) is 0 Å². The van der Waals surface area contributed by atoms with Crippen LogP contribution in [0.4, 0.5) is 149 Å². The van der Waals surface area contributed by atoms with Crippen LogP contribution in [0.15, 0.2) is 36.4 Å². The van der Waals surface area contributed by atoms with E-state index in [1.165, 1.54) is 0 Å². The van der Waals surface area contributed by atoms with Crippen LogP contribution in [0.2, 0.25) is 0 Å². The van der Waals surface area contributed by atoms with E-state index < -0.39 is 159 Å². The van der Waals surface area contributed by atoms with Gasteiger partial charge in [0.1, 0.15) is 0 Å². The summed E-state index contributed by atoms with van der Waals surface area (Å²) >= 11 is -1.37. The maximum Gasteiger partial charge on any atom is 0.460 e. The second kappa shape index (κ2) is 14.9. The topological polar surface area (TPSA) is 0 Å². The molecule has 0 atom stereocenters. The normalized spacial score (nSPS) is 16.3. The minimum Gasteiger partial charge on any atom is -0.193 e. The molecular formula is C32H6F34S3. The Morgan fingerprint density at radius 2 is 0.435 bits per heavy atom. The molecule has 5 aromatic rings.